The van der Waals surface area contributed by atoms with Crippen molar-refractivity contribution in [2.45, 2.75) is 106 Å². The van der Waals surface area contributed by atoms with E-state index in [1.807, 2.05) is 46.7 Å². The fraction of sp³-hybridized carbons (Fsp3) is 0.875. The van der Waals surface area contributed by atoms with Crippen LogP contribution >= 0.6 is 0 Å². The molecule has 7 heteroatoms. The van der Waals surface area contributed by atoms with Crippen LogP contribution in [0.5, 0.6) is 0 Å². The molecule has 2 N–H and O–H groups in total. The first-order chi connectivity index (χ1) is 13.3. The van der Waals surface area contributed by atoms with Gasteiger partial charge in [-0.25, -0.2) is 0 Å². The Morgan fingerprint density at radius 3 is 1.16 bits per heavy atom. The number of carbonyl (C=O) groups excluding carboxylic acids is 1. The van der Waals surface area contributed by atoms with E-state index in [0.717, 1.165) is 0 Å². The molecule has 0 radical (unpaired) electrons. The largest absolute Gasteiger partial charge is 0.481 e. The Hall–Kier alpha value is -1.63. The fourth-order valence-corrected chi connectivity index (χ4v) is 3.91. The Balaban J connectivity index is 6.98. The number of nitrogens with zero attached hydrogens (tertiary/aromatic N) is 2. The van der Waals surface area contributed by atoms with Gasteiger partial charge in [0.05, 0.1) is 21.9 Å². The molecule has 0 fully saturated rings. The minimum atomic E-state index is -1.33. The quantitative estimate of drug-likeness (QED) is 0.522. The summed E-state index contributed by atoms with van der Waals surface area (Å²) in [7, 11) is 3.90. The lowest BCUT2D eigenvalue weighted by atomic mass is 9.65. The van der Waals surface area contributed by atoms with Crippen molar-refractivity contribution in [2.24, 2.45) is 16.2 Å². The van der Waals surface area contributed by atoms with Crippen LogP contribution in [0.3, 0.4) is 0 Å². The summed E-state index contributed by atoms with van der Waals surface area (Å²) >= 11 is 0. The van der Waals surface area contributed by atoms with Gasteiger partial charge in [0.25, 0.3) is 0 Å². The predicted molar refractivity (Wildman–Crippen MR) is 124 cm³/mol. The highest BCUT2D eigenvalue weighted by Crippen LogP contribution is 2.48. The highest BCUT2D eigenvalue weighted by molar-refractivity contribution is 5.87. The number of rotatable bonds is 10. The zero-order valence-corrected chi connectivity index (χ0v) is 22.2. The summed E-state index contributed by atoms with van der Waals surface area (Å²) < 4.78 is 0. The van der Waals surface area contributed by atoms with Crippen molar-refractivity contribution in [2.75, 3.05) is 14.1 Å². The maximum atomic E-state index is 14.2. The number of carboxylic acid groups (broad SMARTS) is 2. The summed E-state index contributed by atoms with van der Waals surface area (Å²) in [5, 5.41) is 20.0. The molecule has 0 saturated heterocycles. The Labute approximate surface area is 189 Å². The molecule has 0 spiro atoms. The minimum absolute atomic E-state index is 0.263. The summed E-state index contributed by atoms with van der Waals surface area (Å²) in [6.45, 7) is 21.0. The second-order valence-electron chi connectivity index (χ2n) is 12.4. The lowest BCUT2D eigenvalue weighted by Gasteiger charge is -2.59. The third-order valence-electron chi connectivity index (χ3n) is 8.11. The maximum Gasteiger partial charge on any atom is 0.311 e. The van der Waals surface area contributed by atoms with Crippen molar-refractivity contribution < 1.29 is 24.6 Å². The molecule has 7 nitrogen and oxygen atoms in total. The standard InChI is InChI=1S/C24H46N2O5/c1-19(2,15-20(3,4)25(13)14)16(27)26(23(9,10)21(5,6)17(28)29)24(11,12)22(7,8)18(30)31/h15H2,1-14H3,(H,28,29)(H,30,31). The second-order valence-corrected chi connectivity index (χ2v) is 12.4. The lowest BCUT2D eigenvalue weighted by molar-refractivity contribution is -0.185. The van der Waals surface area contributed by atoms with Gasteiger partial charge in [-0.15, -0.1) is 0 Å². The first-order valence-corrected chi connectivity index (χ1v) is 10.8. The van der Waals surface area contributed by atoms with Crippen molar-refractivity contribution >= 4 is 17.8 Å². The van der Waals surface area contributed by atoms with E-state index in [1.165, 1.54) is 4.90 Å². The Kier molecular flexibility index (Phi) is 7.94. The first-order valence-electron chi connectivity index (χ1n) is 10.8. The lowest BCUT2D eigenvalue weighted by Crippen LogP contribution is -2.71. The molecule has 0 aromatic heterocycles. The number of hydrogen-bond acceptors (Lipinski definition) is 4. The molecule has 31 heavy (non-hydrogen) atoms. The third-order valence-corrected chi connectivity index (χ3v) is 8.11. The van der Waals surface area contributed by atoms with Crippen molar-refractivity contribution in [3.63, 3.8) is 0 Å². The first kappa shape index (κ1) is 29.4. The van der Waals surface area contributed by atoms with E-state index in [0.29, 0.717) is 6.42 Å². The van der Waals surface area contributed by atoms with Crippen molar-refractivity contribution in [1.29, 1.82) is 0 Å². The van der Waals surface area contributed by atoms with Gasteiger partial charge in [0, 0.05) is 11.0 Å². The molecule has 0 heterocycles. The van der Waals surface area contributed by atoms with Crippen molar-refractivity contribution in [3.8, 4) is 0 Å². The van der Waals surface area contributed by atoms with Gasteiger partial charge in [0.15, 0.2) is 0 Å². The van der Waals surface area contributed by atoms with Crippen molar-refractivity contribution in [1.82, 2.24) is 9.80 Å². The second kappa shape index (κ2) is 8.38. The van der Waals surface area contributed by atoms with Crippen molar-refractivity contribution in [3.05, 3.63) is 0 Å². The SMILES string of the molecule is CN(C)C(C)(C)CC(C)(C)C(=O)N(C(C)(C)C(C)(C)C(=O)O)C(C)(C)C(C)(C)C(=O)O. The molecule has 0 bridgehead atoms. The minimum Gasteiger partial charge on any atom is -0.481 e. The molecule has 0 unspecified atom stereocenters. The van der Waals surface area contributed by atoms with Crippen LogP contribution in [0.15, 0.2) is 0 Å². The molecule has 0 aromatic rings. The van der Waals surface area contributed by atoms with Crippen LogP contribution in [-0.4, -0.2) is 68.6 Å². The highest BCUT2D eigenvalue weighted by Gasteiger charge is 2.60. The van der Waals surface area contributed by atoms with Crippen LogP contribution in [-0.2, 0) is 14.4 Å². The monoisotopic (exact) mass is 442 g/mol. The van der Waals surface area contributed by atoms with Gasteiger partial charge in [0.2, 0.25) is 5.91 Å². The Morgan fingerprint density at radius 1 is 0.645 bits per heavy atom. The van der Waals surface area contributed by atoms with E-state index in [2.05, 4.69) is 0 Å². The van der Waals surface area contributed by atoms with Crippen LogP contribution < -0.4 is 0 Å². The number of carbonyl (C=O) groups is 3. The van der Waals surface area contributed by atoms with E-state index in [1.54, 1.807) is 55.4 Å². The topological polar surface area (TPSA) is 98.2 Å². The molecular weight excluding hydrogens is 396 g/mol. The predicted octanol–water partition coefficient (Wildman–Crippen LogP) is 4.35. The number of aliphatic carboxylic acids is 2. The zero-order chi connectivity index (χ0) is 25.6. The normalized spacial score (nSPS) is 14.5. The number of amides is 1. The third kappa shape index (κ3) is 5.07. The van der Waals surface area contributed by atoms with Gasteiger partial charge in [-0.1, -0.05) is 13.8 Å². The van der Waals surface area contributed by atoms with E-state index >= 15 is 0 Å². The fourth-order valence-electron chi connectivity index (χ4n) is 3.91. The van der Waals surface area contributed by atoms with Crippen LogP contribution in [0.1, 0.15) is 89.5 Å². The highest BCUT2D eigenvalue weighted by atomic mass is 16.4. The van der Waals surface area contributed by atoms with Gasteiger partial charge in [0.1, 0.15) is 0 Å². The summed E-state index contributed by atoms with van der Waals surface area (Å²) in [6.07, 6.45) is 0.509. The Morgan fingerprint density at radius 2 is 0.935 bits per heavy atom. The zero-order valence-electron chi connectivity index (χ0n) is 22.2. The number of hydrogen-bond donors (Lipinski definition) is 2. The van der Waals surface area contributed by atoms with Crippen LogP contribution in [0.4, 0.5) is 0 Å². The molecule has 0 saturated carbocycles. The van der Waals surface area contributed by atoms with Gasteiger partial charge in [-0.2, -0.15) is 0 Å². The van der Waals surface area contributed by atoms with E-state index in [4.69, 9.17) is 0 Å². The molecule has 0 aliphatic carbocycles. The van der Waals surface area contributed by atoms with Gasteiger partial charge < -0.3 is 20.0 Å². The van der Waals surface area contributed by atoms with E-state index in [9.17, 15) is 24.6 Å². The maximum absolute atomic E-state index is 14.2. The molecule has 182 valence electrons. The summed E-state index contributed by atoms with van der Waals surface area (Å²) in [5.74, 6) is -2.36. The summed E-state index contributed by atoms with van der Waals surface area (Å²) in [4.78, 5) is 42.2. The van der Waals surface area contributed by atoms with Crippen LogP contribution in [0.2, 0.25) is 0 Å². The van der Waals surface area contributed by atoms with E-state index < -0.39 is 39.3 Å². The van der Waals surface area contributed by atoms with Gasteiger partial charge in [-0.05, 0) is 89.8 Å². The number of carboxylic acids is 2. The molecule has 0 aliphatic rings. The molecule has 0 atom stereocenters. The Bertz CT molecular complexity index is 677. The average Bonchev–Trinajstić information content (AvgIpc) is 2.52. The molecule has 0 aromatic carbocycles. The summed E-state index contributed by atoms with van der Waals surface area (Å²) in [5.41, 5.74) is -6.21. The molecule has 0 aliphatic heterocycles. The van der Waals surface area contributed by atoms with Crippen LogP contribution in [0, 0.1) is 16.2 Å². The average molecular weight is 443 g/mol. The molecule has 1 amide bonds. The summed E-state index contributed by atoms with van der Waals surface area (Å²) in [6, 6.07) is 0. The molecule has 0 rings (SSSR count). The molecular formula is C24H46N2O5. The smallest absolute Gasteiger partial charge is 0.311 e. The van der Waals surface area contributed by atoms with Crippen LogP contribution in [0.25, 0.3) is 0 Å². The van der Waals surface area contributed by atoms with E-state index in [-0.39, 0.29) is 11.4 Å². The van der Waals surface area contributed by atoms with Gasteiger partial charge in [-0.3, -0.25) is 14.4 Å². The van der Waals surface area contributed by atoms with Gasteiger partial charge >= 0.3 is 11.9 Å².